The van der Waals surface area contributed by atoms with Crippen molar-refractivity contribution < 1.29 is 4.79 Å². The lowest BCUT2D eigenvalue weighted by atomic mass is 10.0. The predicted octanol–water partition coefficient (Wildman–Crippen LogP) is 0.629. The highest BCUT2D eigenvalue weighted by Gasteiger charge is 2.21. The molecule has 0 aliphatic carbocycles. The van der Waals surface area contributed by atoms with E-state index in [0.29, 0.717) is 13.0 Å². The van der Waals surface area contributed by atoms with Crippen LogP contribution in [-0.2, 0) is 17.9 Å². The monoisotopic (exact) mass is 329 g/mol. The standard InChI is InChI=1S/C16H23N7O/c24-16(6-3-9-23-13-18-20-21-23)19-15-5-2-8-22(12-15)11-14-4-1-7-17-10-14/h1,4,7,10,13,15H,2-3,5-6,8-9,11-12H2,(H,19,24)/t15-/m1/s1. The first-order valence-corrected chi connectivity index (χ1v) is 8.41. The number of pyridine rings is 1. The molecule has 128 valence electrons. The zero-order chi connectivity index (χ0) is 16.6. The SMILES string of the molecule is O=C(CCCn1cnnn1)N[C@@H]1CCCN(Cc2cccnc2)C1. The lowest BCUT2D eigenvalue weighted by Gasteiger charge is -2.33. The molecule has 2 aromatic rings. The summed E-state index contributed by atoms with van der Waals surface area (Å²) in [5.74, 6) is 0.108. The largest absolute Gasteiger partial charge is 0.352 e. The van der Waals surface area contributed by atoms with E-state index in [1.807, 2.05) is 12.3 Å². The minimum Gasteiger partial charge on any atom is -0.352 e. The number of aromatic nitrogens is 5. The molecule has 8 heteroatoms. The molecule has 1 aliphatic heterocycles. The van der Waals surface area contributed by atoms with Crippen LogP contribution in [0.1, 0.15) is 31.2 Å². The fourth-order valence-electron chi connectivity index (χ4n) is 3.05. The lowest BCUT2D eigenvalue weighted by molar-refractivity contribution is -0.122. The summed E-state index contributed by atoms with van der Waals surface area (Å²) in [5.41, 5.74) is 1.21. The van der Waals surface area contributed by atoms with Crippen LogP contribution in [0, 0.1) is 0 Å². The number of carbonyl (C=O) groups excluding carboxylic acids is 1. The normalized spacial score (nSPS) is 18.4. The van der Waals surface area contributed by atoms with E-state index in [9.17, 15) is 4.79 Å². The zero-order valence-electron chi connectivity index (χ0n) is 13.7. The van der Waals surface area contributed by atoms with E-state index >= 15 is 0 Å². The van der Waals surface area contributed by atoms with E-state index < -0.39 is 0 Å². The van der Waals surface area contributed by atoms with Gasteiger partial charge in [-0.15, -0.1) is 5.10 Å². The Hall–Kier alpha value is -2.35. The molecule has 3 heterocycles. The number of nitrogens with one attached hydrogen (secondary N) is 1. The number of tetrazole rings is 1. The molecule has 2 aromatic heterocycles. The number of aryl methyl sites for hydroxylation is 1. The maximum absolute atomic E-state index is 12.1. The number of likely N-dealkylation sites (tertiary alicyclic amines) is 1. The Morgan fingerprint density at radius 2 is 2.38 bits per heavy atom. The summed E-state index contributed by atoms with van der Waals surface area (Å²) in [5, 5.41) is 14.1. The van der Waals surface area contributed by atoms with Gasteiger partial charge in [-0.2, -0.15) is 0 Å². The lowest BCUT2D eigenvalue weighted by Crippen LogP contribution is -2.47. The first-order valence-electron chi connectivity index (χ1n) is 8.41. The second-order valence-electron chi connectivity index (χ2n) is 6.18. The molecule has 0 radical (unpaired) electrons. The van der Waals surface area contributed by atoms with Crippen molar-refractivity contribution in [1.29, 1.82) is 0 Å². The maximum atomic E-state index is 12.1. The molecule has 0 bridgehead atoms. The quantitative estimate of drug-likeness (QED) is 0.801. The van der Waals surface area contributed by atoms with Gasteiger partial charge in [-0.3, -0.25) is 14.7 Å². The van der Waals surface area contributed by atoms with Crippen LogP contribution in [0.3, 0.4) is 0 Å². The number of rotatable bonds is 7. The van der Waals surface area contributed by atoms with Gasteiger partial charge in [-0.05, 0) is 47.9 Å². The van der Waals surface area contributed by atoms with Crippen LogP contribution < -0.4 is 5.32 Å². The molecule has 8 nitrogen and oxygen atoms in total. The first kappa shape index (κ1) is 16.5. The minimum absolute atomic E-state index is 0.108. The number of amides is 1. The molecule has 1 atom stereocenters. The average Bonchev–Trinajstić information content (AvgIpc) is 3.09. The third-order valence-corrected chi connectivity index (χ3v) is 4.18. The van der Waals surface area contributed by atoms with Crippen LogP contribution in [0.4, 0.5) is 0 Å². The van der Waals surface area contributed by atoms with E-state index in [2.05, 4.69) is 36.8 Å². The fraction of sp³-hybridized carbons (Fsp3) is 0.562. The summed E-state index contributed by atoms with van der Waals surface area (Å²) in [6, 6.07) is 4.29. The number of hydrogen-bond donors (Lipinski definition) is 1. The summed E-state index contributed by atoms with van der Waals surface area (Å²) in [6.45, 7) is 3.52. The second-order valence-corrected chi connectivity index (χ2v) is 6.18. The van der Waals surface area contributed by atoms with Crippen molar-refractivity contribution in [1.82, 2.24) is 35.4 Å². The number of carbonyl (C=O) groups is 1. The predicted molar refractivity (Wildman–Crippen MR) is 87.7 cm³/mol. The highest BCUT2D eigenvalue weighted by Crippen LogP contribution is 2.13. The highest BCUT2D eigenvalue weighted by molar-refractivity contribution is 5.76. The van der Waals surface area contributed by atoms with Gasteiger partial charge in [0.05, 0.1) is 0 Å². The molecule has 0 unspecified atom stereocenters. The number of nitrogens with zero attached hydrogens (tertiary/aromatic N) is 6. The summed E-state index contributed by atoms with van der Waals surface area (Å²) in [4.78, 5) is 18.6. The average molecular weight is 329 g/mol. The molecule has 1 N–H and O–H groups in total. The van der Waals surface area contributed by atoms with Crippen LogP contribution in [0.2, 0.25) is 0 Å². The molecule has 1 aliphatic rings. The molecule has 1 fully saturated rings. The van der Waals surface area contributed by atoms with Crippen molar-refractivity contribution in [3.8, 4) is 0 Å². The molecule has 24 heavy (non-hydrogen) atoms. The molecular weight excluding hydrogens is 306 g/mol. The van der Waals surface area contributed by atoms with Crippen LogP contribution in [-0.4, -0.2) is 55.1 Å². The van der Waals surface area contributed by atoms with Crippen LogP contribution in [0.25, 0.3) is 0 Å². The molecule has 1 amide bonds. The maximum Gasteiger partial charge on any atom is 0.220 e. The van der Waals surface area contributed by atoms with E-state index in [-0.39, 0.29) is 11.9 Å². The summed E-state index contributed by atoms with van der Waals surface area (Å²) < 4.78 is 1.64. The van der Waals surface area contributed by atoms with Crippen LogP contribution in [0.5, 0.6) is 0 Å². The fourth-order valence-corrected chi connectivity index (χ4v) is 3.05. The van der Waals surface area contributed by atoms with Gasteiger partial charge in [0.2, 0.25) is 5.91 Å². The Balaban J connectivity index is 1.39. The third kappa shape index (κ3) is 5.09. The van der Waals surface area contributed by atoms with Crippen molar-refractivity contribution in [2.45, 2.75) is 44.8 Å². The zero-order valence-corrected chi connectivity index (χ0v) is 13.7. The Kier molecular flexibility index (Phi) is 5.84. The van der Waals surface area contributed by atoms with Crippen molar-refractivity contribution in [3.63, 3.8) is 0 Å². The number of hydrogen-bond acceptors (Lipinski definition) is 6. The minimum atomic E-state index is 0.108. The van der Waals surface area contributed by atoms with Crippen molar-refractivity contribution in [2.24, 2.45) is 0 Å². The Labute approximate surface area is 141 Å². The van der Waals surface area contributed by atoms with E-state index in [1.165, 1.54) is 5.56 Å². The third-order valence-electron chi connectivity index (χ3n) is 4.18. The van der Waals surface area contributed by atoms with Gasteiger partial charge < -0.3 is 5.32 Å². The van der Waals surface area contributed by atoms with Gasteiger partial charge in [-0.25, -0.2) is 4.68 Å². The van der Waals surface area contributed by atoms with E-state index in [0.717, 1.165) is 38.9 Å². The van der Waals surface area contributed by atoms with Crippen LogP contribution >= 0.6 is 0 Å². The topological polar surface area (TPSA) is 88.8 Å². The Morgan fingerprint density at radius 1 is 1.42 bits per heavy atom. The molecule has 0 saturated carbocycles. The Morgan fingerprint density at radius 3 is 3.17 bits per heavy atom. The van der Waals surface area contributed by atoms with Crippen LogP contribution in [0.15, 0.2) is 30.9 Å². The van der Waals surface area contributed by atoms with Gasteiger partial charge >= 0.3 is 0 Å². The van der Waals surface area contributed by atoms with Crippen molar-refractivity contribution >= 4 is 5.91 Å². The van der Waals surface area contributed by atoms with Gasteiger partial charge in [0.25, 0.3) is 0 Å². The molecule has 0 spiro atoms. The summed E-state index contributed by atoms with van der Waals surface area (Å²) in [6.07, 6.45) is 8.65. The van der Waals surface area contributed by atoms with Crippen molar-refractivity contribution in [2.75, 3.05) is 13.1 Å². The molecule has 0 aromatic carbocycles. The van der Waals surface area contributed by atoms with E-state index in [1.54, 1.807) is 17.2 Å². The van der Waals surface area contributed by atoms with Gasteiger partial charge in [0.1, 0.15) is 6.33 Å². The molecular formula is C16H23N7O. The summed E-state index contributed by atoms with van der Waals surface area (Å²) in [7, 11) is 0. The van der Waals surface area contributed by atoms with Gasteiger partial charge in [0, 0.05) is 44.5 Å². The molecule has 1 saturated heterocycles. The van der Waals surface area contributed by atoms with Crippen molar-refractivity contribution in [3.05, 3.63) is 36.4 Å². The van der Waals surface area contributed by atoms with Gasteiger partial charge in [0.15, 0.2) is 0 Å². The number of piperidine rings is 1. The smallest absolute Gasteiger partial charge is 0.220 e. The Bertz CT molecular complexity index is 617. The van der Waals surface area contributed by atoms with Gasteiger partial charge in [-0.1, -0.05) is 6.07 Å². The molecule has 3 rings (SSSR count). The highest BCUT2D eigenvalue weighted by atomic mass is 16.1. The first-order chi connectivity index (χ1) is 11.8. The second kappa shape index (κ2) is 8.49. The summed E-state index contributed by atoms with van der Waals surface area (Å²) >= 11 is 0. The van der Waals surface area contributed by atoms with E-state index in [4.69, 9.17) is 0 Å².